The fourth-order valence-corrected chi connectivity index (χ4v) is 4.71. The normalized spacial score (nSPS) is 17.8. The Morgan fingerprint density at radius 2 is 2.11 bits per heavy atom. The van der Waals surface area contributed by atoms with Gasteiger partial charge in [-0.3, -0.25) is 9.59 Å². The highest BCUT2D eigenvalue weighted by molar-refractivity contribution is 5.98. The van der Waals surface area contributed by atoms with Gasteiger partial charge in [0.25, 0.3) is 11.5 Å². The maximum absolute atomic E-state index is 12.9. The van der Waals surface area contributed by atoms with Gasteiger partial charge in [0, 0.05) is 25.6 Å². The second-order valence-electron chi connectivity index (χ2n) is 9.57. The molecule has 9 nitrogen and oxygen atoms in total. The highest BCUT2D eigenvalue weighted by atomic mass is 16.5. The van der Waals surface area contributed by atoms with E-state index >= 15 is 0 Å². The number of carbonyl (C=O) groups is 1. The first-order valence-corrected chi connectivity index (χ1v) is 12.6. The van der Waals surface area contributed by atoms with Crippen molar-refractivity contribution in [2.24, 2.45) is 5.92 Å². The van der Waals surface area contributed by atoms with Gasteiger partial charge in [0.05, 0.1) is 24.5 Å². The molecule has 2 aliphatic rings. The molecule has 1 amide bonds. The molecule has 3 heterocycles. The Balaban J connectivity index is 1.62. The number of hydrogen-bond donors (Lipinski definition) is 4. The van der Waals surface area contributed by atoms with Crippen molar-refractivity contribution in [3.63, 3.8) is 0 Å². The molecule has 4 N–H and O–H groups in total. The molecule has 190 valence electrons. The summed E-state index contributed by atoms with van der Waals surface area (Å²) in [6, 6.07) is 8.80. The van der Waals surface area contributed by atoms with E-state index in [1.165, 1.54) is 0 Å². The van der Waals surface area contributed by atoms with Crippen molar-refractivity contribution in [1.29, 1.82) is 0 Å². The number of aromatic hydroxyl groups is 1. The van der Waals surface area contributed by atoms with Gasteiger partial charge in [-0.15, -0.1) is 0 Å². The number of nitrogens with one attached hydrogen (secondary N) is 3. The molecule has 1 aromatic carbocycles. The number of aromatic nitrogens is 2. The summed E-state index contributed by atoms with van der Waals surface area (Å²) in [5.41, 5.74) is 1.90. The summed E-state index contributed by atoms with van der Waals surface area (Å²) in [6.07, 6.45) is 4.30. The highest BCUT2D eigenvalue weighted by Gasteiger charge is 2.25. The summed E-state index contributed by atoms with van der Waals surface area (Å²) < 4.78 is 11.1. The second-order valence-corrected chi connectivity index (χ2v) is 9.57. The van der Waals surface area contributed by atoms with Crippen LogP contribution in [-0.2, 0) is 4.74 Å². The molecular formula is C27H32N4O5. The van der Waals surface area contributed by atoms with Crippen LogP contribution in [0.5, 0.6) is 11.5 Å². The maximum atomic E-state index is 12.9. The monoisotopic (exact) mass is 492 g/mol. The minimum atomic E-state index is -0.516. The van der Waals surface area contributed by atoms with Crippen molar-refractivity contribution >= 4 is 16.9 Å². The summed E-state index contributed by atoms with van der Waals surface area (Å²) >= 11 is 0. The van der Waals surface area contributed by atoms with Crippen LogP contribution in [0.25, 0.3) is 22.3 Å². The predicted octanol–water partition coefficient (Wildman–Crippen LogP) is 2.93. The lowest BCUT2D eigenvalue weighted by molar-refractivity contribution is 0.0935. The number of carbonyl (C=O) groups excluding carboxylic acids is 1. The molecule has 2 aromatic heterocycles. The van der Waals surface area contributed by atoms with E-state index in [0.29, 0.717) is 48.3 Å². The molecule has 1 atom stereocenters. The van der Waals surface area contributed by atoms with Gasteiger partial charge in [-0.25, -0.2) is 4.98 Å². The minimum absolute atomic E-state index is 0.0363. The van der Waals surface area contributed by atoms with E-state index in [4.69, 9.17) is 14.5 Å². The van der Waals surface area contributed by atoms with E-state index in [1.807, 2.05) is 12.1 Å². The standard InChI is InChI=1S/C27H32N4O5/c1-35-11-10-29-26(33)20-12-19-18(17-4-3-9-28-14-17)13-21(30-25(19)31-27(20)34)24-22(32)5-2-6-23(24)36-15-16-7-8-16/h2,5-6,12-13,16-17,28,32H,3-4,7-11,14-15H2,1H3,(H,29,33)(H,30,31,34). The predicted molar refractivity (Wildman–Crippen MR) is 137 cm³/mol. The smallest absolute Gasteiger partial charge is 0.262 e. The van der Waals surface area contributed by atoms with E-state index in [-0.39, 0.29) is 17.2 Å². The number of aromatic amines is 1. The lowest BCUT2D eigenvalue weighted by Crippen LogP contribution is -2.32. The topological polar surface area (TPSA) is 126 Å². The van der Waals surface area contributed by atoms with Gasteiger partial charge in [0.2, 0.25) is 0 Å². The van der Waals surface area contributed by atoms with Gasteiger partial charge in [0.1, 0.15) is 22.7 Å². The SMILES string of the molecule is COCCNC(=O)c1cc2c(C3CCCNC3)cc(-c3c(O)cccc3OCC3CC3)nc2[nH]c1=O. The number of nitrogens with zero attached hydrogens (tertiary/aromatic N) is 1. The zero-order valence-electron chi connectivity index (χ0n) is 20.4. The molecule has 1 aliphatic carbocycles. The summed E-state index contributed by atoms with van der Waals surface area (Å²) in [6.45, 7) is 2.99. The second kappa shape index (κ2) is 10.7. The molecule has 1 unspecified atom stereocenters. The quantitative estimate of drug-likeness (QED) is 0.339. The Bertz CT molecular complexity index is 1310. The number of pyridine rings is 2. The third-order valence-electron chi connectivity index (χ3n) is 6.86. The van der Waals surface area contributed by atoms with E-state index < -0.39 is 11.5 Å². The van der Waals surface area contributed by atoms with E-state index in [1.54, 1.807) is 25.3 Å². The number of amides is 1. The first-order valence-electron chi connectivity index (χ1n) is 12.6. The zero-order valence-corrected chi connectivity index (χ0v) is 20.4. The van der Waals surface area contributed by atoms with E-state index in [2.05, 4.69) is 15.6 Å². The maximum Gasteiger partial charge on any atom is 0.262 e. The number of fused-ring (bicyclic) bond motifs is 1. The number of piperidine rings is 1. The number of benzene rings is 1. The molecule has 2 fully saturated rings. The van der Waals surface area contributed by atoms with Crippen LogP contribution in [-0.4, -0.2) is 60.9 Å². The van der Waals surface area contributed by atoms with Crippen molar-refractivity contribution < 1.29 is 19.4 Å². The average Bonchev–Trinajstić information content (AvgIpc) is 3.71. The molecule has 1 aliphatic heterocycles. The molecule has 9 heteroatoms. The fraction of sp³-hybridized carbons (Fsp3) is 0.444. The van der Waals surface area contributed by atoms with Crippen molar-refractivity contribution in [2.75, 3.05) is 40.0 Å². The zero-order chi connectivity index (χ0) is 25.1. The number of H-pyrrole nitrogens is 1. The first-order chi connectivity index (χ1) is 17.5. The Hall–Kier alpha value is -3.43. The van der Waals surface area contributed by atoms with Crippen LogP contribution in [0.15, 0.2) is 35.1 Å². The van der Waals surface area contributed by atoms with E-state index in [9.17, 15) is 14.7 Å². The summed E-state index contributed by atoms with van der Waals surface area (Å²) in [5.74, 6) is 0.902. The molecule has 3 aromatic rings. The van der Waals surface area contributed by atoms with Crippen LogP contribution in [0.4, 0.5) is 0 Å². The Labute approximate surface area is 209 Å². The number of rotatable bonds is 9. The third kappa shape index (κ3) is 5.22. The summed E-state index contributed by atoms with van der Waals surface area (Å²) in [4.78, 5) is 33.2. The molecule has 5 rings (SSSR count). The molecule has 36 heavy (non-hydrogen) atoms. The van der Waals surface area contributed by atoms with Crippen LogP contribution in [0.2, 0.25) is 0 Å². The van der Waals surface area contributed by atoms with Crippen LogP contribution in [0.3, 0.4) is 0 Å². The van der Waals surface area contributed by atoms with Crippen LogP contribution in [0, 0.1) is 5.92 Å². The minimum Gasteiger partial charge on any atom is -0.507 e. The molecule has 1 saturated heterocycles. The number of methoxy groups -OCH3 is 1. The van der Waals surface area contributed by atoms with Crippen molar-refractivity contribution in [2.45, 2.75) is 31.6 Å². The van der Waals surface area contributed by atoms with Gasteiger partial charge >= 0.3 is 0 Å². The number of phenols is 1. The fourth-order valence-electron chi connectivity index (χ4n) is 4.71. The van der Waals surface area contributed by atoms with Crippen molar-refractivity contribution in [3.05, 3.63) is 51.8 Å². The van der Waals surface area contributed by atoms with Crippen LogP contribution < -0.4 is 20.9 Å². The lowest BCUT2D eigenvalue weighted by Gasteiger charge is -2.25. The Morgan fingerprint density at radius 3 is 2.86 bits per heavy atom. The van der Waals surface area contributed by atoms with Gasteiger partial charge in [-0.2, -0.15) is 0 Å². The summed E-state index contributed by atoms with van der Waals surface area (Å²) in [5, 5.41) is 17.7. The van der Waals surface area contributed by atoms with Crippen molar-refractivity contribution in [3.8, 4) is 22.8 Å². The number of phenolic OH excluding ortho intramolecular Hbond substituents is 1. The van der Waals surface area contributed by atoms with Gasteiger partial charge in [-0.05, 0) is 73.9 Å². The van der Waals surface area contributed by atoms with Crippen molar-refractivity contribution in [1.82, 2.24) is 20.6 Å². The van der Waals surface area contributed by atoms with Gasteiger partial charge in [0.15, 0.2) is 0 Å². The lowest BCUT2D eigenvalue weighted by atomic mass is 9.88. The highest BCUT2D eigenvalue weighted by Crippen LogP contribution is 2.41. The Kier molecular flexibility index (Phi) is 7.20. The molecular weight excluding hydrogens is 460 g/mol. The van der Waals surface area contributed by atoms with Gasteiger partial charge < -0.3 is 30.2 Å². The van der Waals surface area contributed by atoms with Crippen LogP contribution >= 0.6 is 0 Å². The third-order valence-corrected chi connectivity index (χ3v) is 6.86. The number of ether oxygens (including phenoxy) is 2. The van der Waals surface area contributed by atoms with E-state index in [0.717, 1.165) is 49.7 Å². The molecule has 0 spiro atoms. The molecule has 0 radical (unpaired) electrons. The van der Waals surface area contributed by atoms with Gasteiger partial charge in [-0.1, -0.05) is 6.07 Å². The average molecular weight is 493 g/mol. The summed E-state index contributed by atoms with van der Waals surface area (Å²) in [7, 11) is 1.55. The van der Waals surface area contributed by atoms with Crippen LogP contribution in [0.1, 0.15) is 47.5 Å². The first kappa shape index (κ1) is 24.3. The Morgan fingerprint density at radius 1 is 1.25 bits per heavy atom. The molecule has 0 bridgehead atoms. The number of hydrogen-bond acceptors (Lipinski definition) is 7. The largest absolute Gasteiger partial charge is 0.507 e. The molecule has 1 saturated carbocycles.